The molecule has 2 aliphatic heterocycles. The minimum absolute atomic E-state index is 0.0812. The molecule has 2 rings (SSSR count). The highest BCUT2D eigenvalue weighted by atomic mass is 19.4. The summed E-state index contributed by atoms with van der Waals surface area (Å²) in [5.41, 5.74) is -0.293. The van der Waals surface area contributed by atoms with Gasteiger partial charge in [0.25, 0.3) is 0 Å². The van der Waals surface area contributed by atoms with Gasteiger partial charge in [0.1, 0.15) is 0 Å². The predicted molar refractivity (Wildman–Crippen MR) is 84.9 cm³/mol. The van der Waals surface area contributed by atoms with Crippen LogP contribution in [0.4, 0.5) is 18.0 Å². The van der Waals surface area contributed by atoms with E-state index in [1.165, 1.54) is 6.92 Å². The number of morpholine rings is 1. The number of carbonyl (C=O) groups excluding carboxylic acids is 2. The molecule has 144 valence electrons. The number of rotatable bonds is 1. The molecule has 2 aliphatic rings. The van der Waals surface area contributed by atoms with E-state index in [1.54, 1.807) is 0 Å². The summed E-state index contributed by atoms with van der Waals surface area (Å²) in [4.78, 5) is 25.4. The normalized spacial score (nSPS) is 31.5. The van der Waals surface area contributed by atoms with E-state index in [2.05, 4.69) is 10.6 Å². The van der Waals surface area contributed by atoms with E-state index in [4.69, 9.17) is 4.74 Å². The average molecular weight is 365 g/mol. The van der Waals surface area contributed by atoms with Crippen molar-refractivity contribution in [1.29, 1.82) is 0 Å². The molecule has 2 heterocycles. The first kappa shape index (κ1) is 19.8. The van der Waals surface area contributed by atoms with Crippen molar-refractivity contribution in [2.75, 3.05) is 13.2 Å². The number of hydrogen-bond donors (Lipinski definition) is 2. The molecule has 0 aliphatic carbocycles. The first-order valence-corrected chi connectivity index (χ1v) is 8.46. The van der Waals surface area contributed by atoms with Gasteiger partial charge >= 0.3 is 12.2 Å². The fourth-order valence-corrected chi connectivity index (χ4v) is 3.46. The zero-order chi connectivity index (χ0) is 19.0. The highest BCUT2D eigenvalue weighted by Crippen LogP contribution is 2.31. The van der Waals surface area contributed by atoms with Crippen molar-refractivity contribution in [1.82, 2.24) is 15.5 Å². The number of amides is 3. The largest absolute Gasteiger partial charge is 0.416 e. The first-order chi connectivity index (χ1) is 11.4. The maximum absolute atomic E-state index is 13.0. The number of nitrogens with zero attached hydrogens (tertiary/aromatic N) is 1. The summed E-state index contributed by atoms with van der Waals surface area (Å²) in [6.45, 7) is 7.10. The van der Waals surface area contributed by atoms with Crippen molar-refractivity contribution < 1.29 is 27.5 Å². The second-order valence-corrected chi connectivity index (χ2v) is 7.77. The third-order valence-electron chi connectivity index (χ3n) is 4.79. The molecule has 6 nitrogen and oxygen atoms in total. The second kappa shape index (κ2) is 7.01. The number of carbonyl (C=O) groups is 2. The maximum atomic E-state index is 13.0. The Bertz CT molecular complexity index is 519. The Morgan fingerprint density at radius 1 is 1.32 bits per heavy atom. The highest BCUT2D eigenvalue weighted by Gasteiger charge is 2.49. The third kappa shape index (κ3) is 4.56. The predicted octanol–water partition coefficient (Wildman–Crippen LogP) is 2.04. The van der Waals surface area contributed by atoms with Gasteiger partial charge in [0.15, 0.2) is 6.10 Å². The molecular weight excluding hydrogens is 339 g/mol. The van der Waals surface area contributed by atoms with Crippen LogP contribution in [0.2, 0.25) is 0 Å². The van der Waals surface area contributed by atoms with E-state index in [0.29, 0.717) is 6.42 Å². The average Bonchev–Trinajstić information content (AvgIpc) is 2.47. The van der Waals surface area contributed by atoms with Crippen LogP contribution < -0.4 is 10.6 Å². The Balaban J connectivity index is 2.08. The fourth-order valence-electron chi connectivity index (χ4n) is 3.46. The van der Waals surface area contributed by atoms with Crippen LogP contribution in [0.25, 0.3) is 0 Å². The number of nitrogens with one attached hydrogen (secondary N) is 2. The van der Waals surface area contributed by atoms with E-state index in [0.717, 1.165) is 4.90 Å². The number of ether oxygens (including phenoxy) is 1. The molecule has 0 bridgehead atoms. The summed E-state index contributed by atoms with van der Waals surface area (Å²) in [6.07, 6.45) is -5.77. The smallest absolute Gasteiger partial charge is 0.365 e. The van der Waals surface area contributed by atoms with E-state index in [-0.39, 0.29) is 43.0 Å². The van der Waals surface area contributed by atoms with Gasteiger partial charge in [-0.15, -0.1) is 0 Å². The first-order valence-electron chi connectivity index (χ1n) is 8.46. The van der Waals surface area contributed by atoms with Gasteiger partial charge in [-0.05, 0) is 18.8 Å². The van der Waals surface area contributed by atoms with Crippen LogP contribution in [-0.2, 0) is 9.53 Å². The minimum atomic E-state index is -4.52. The van der Waals surface area contributed by atoms with Crippen LogP contribution in [0, 0.1) is 5.41 Å². The molecule has 0 saturated carbocycles. The lowest BCUT2D eigenvalue weighted by Crippen LogP contribution is -2.64. The lowest BCUT2D eigenvalue weighted by Gasteiger charge is -2.44. The van der Waals surface area contributed by atoms with Crippen LogP contribution in [0.5, 0.6) is 0 Å². The van der Waals surface area contributed by atoms with E-state index < -0.39 is 24.4 Å². The molecule has 3 amide bonds. The molecule has 0 spiro atoms. The lowest BCUT2D eigenvalue weighted by atomic mass is 9.79. The zero-order valence-electron chi connectivity index (χ0n) is 14.9. The van der Waals surface area contributed by atoms with Gasteiger partial charge in [0.05, 0.1) is 24.7 Å². The molecule has 9 heteroatoms. The topological polar surface area (TPSA) is 70.7 Å². The summed E-state index contributed by atoms with van der Waals surface area (Å²) in [7, 11) is 0. The van der Waals surface area contributed by atoms with Gasteiger partial charge in [-0.1, -0.05) is 20.8 Å². The Hall–Kier alpha value is -1.51. The lowest BCUT2D eigenvalue weighted by molar-refractivity contribution is -0.246. The van der Waals surface area contributed by atoms with Crippen LogP contribution in [0.3, 0.4) is 0 Å². The SMILES string of the molecule is C[C@@H]1[C@H](C(F)(F)F)OCCN1C(=O)N[C@@H]1CCC(=O)N[C@H]1C(C)(C)C. The molecular formula is C16H26F3N3O3. The van der Waals surface area contributed by atoms with Crippen molar-refractivity contribution in [3.8, 4) is 0 Å². The van der Waals surface area contributed by atoms with Gasteiger partial charge in [-0.25, -0.2) is 4.79 Å². The standard InChI is InChI=1S/C16H26F3N3O3/c1-9-13(16(17,18)19)25-8-7-22(9)14(24)20-10-5-6-11(23)21-12(10)15(2,3)4/h9-10,12-13H,5-8H2,1-4H3,(H,20,24)(H,21,23)/t9-,10-,12-,13-/m1/s1. The van der Waals surface area contributed by atoms with Crippen LogP contribution >= 0.6 is 0 Å². The summed E-state index contributed by atoms with van der Waals surface area (Å²) in [5, 5.41) is 5.70. The van der Waals surface area contributed by atoms with Gasteiger partial charge in [0.2, 0.25) is 5.91 Å². The van der Waals surface area contributed by atoms with E-state index in [1.807, 2.05) is 20.8 Å². The molecule has 2 N–H and O–H groups in total. The summed E-state index contributed by atoms with van der Waals surface area (Å²) >= 11 is 0. The number of alkyl halides is 3. The monoisotopic (exact) mass is 365 g/mol. The van der Waals surface area contributed by atoms with Crippen molar-refractivity contribution in [3.63, 3.8) is 0 Å². The molecule has 0 radical (unpaired) electrons. The van der Waals surface area contributed by atoms with Crippen molar-refractivity contribution >= 4 is 11.9 Å². The van der Waals surface area contributed by atoms with Gasteiger partial charge in [0, 0.05) is 13.0 Å². The third-order valence-corrected chi connectivity index (χ3v) is 4.79. The number of piperidine rings is 1. The molecule has 2 fully saturated rings. The molecule has 0 aromatic heterocycles. The summed E-state index contributed by atoms with van der Waals surface area (Å²) < 4.78 is 43.9. The van der Waals surface area contributed by atoms with Gasteiger partial charge < -0.3 is 20.3 Å². The zero-order valence-corrected chi connectivity index (χ0v) is 14.9. The fraction of sp³-hybridized carbons (Fsp3) is 0.875. The molecule has 0 aromatic carbocycles. The van der Waals surface area contributed by atoms with Gasteiger partial charge in [-0.3, -0.25) is 4.79 Å². The van der Waals surface area contributed by atoms with Crippen molar-refractivity contribution in [3.05, 3.63) is 0 Å². The Morgan fingerprint density at radius 3 is 2.52 bits per heavy atom. The molecule has 0 unspecified atom stereocenters. The number of urea groups is 1. The summed E-state index contributed by atoms with van der Waals surface area (Å²) in [5.74, 6) is -0.0812. The summed E-state index contributed by atoms with van der Waals surface area (Å²) in [6, 6.07) is -2.28. The van der Waals surface area contributed by atoms with Crippen LogP contribution in [0.15, 0.2) is 0 Å². The van der Waals surface area contributed by atoms with Crippen molar-refractivity contribution in [2.24, 2.45) is 5.41 Å². The molecule has 4 atom stereocenters. The minimum Gasteiger partial charge on any atom is -0.365 e. The Morgan fingerprint density at radius 2 is 1.96 bits per heavy atom. The molecule has 2 saturated heterocycles. The number of hydrogen-bond acceptors (Lipinski definition) is 3. The van der Waals surface area contributed by atoms with E-state index in [9.17, 15) is 22.8 Å². The Kier molecular flexibility index (Phi) is 5.56. The highest BCUT2D eigenvalue weighted by molar-refractivity contribution is 5.79. The van der Waals surface area contributed by atoms with Crippen molar-refractivity contribution in [2.45, 2.75) is 70.9 Å². The van der Waals surface area contributed by atoms with Crippen LogP contribution in [0.1, 0.15) is 40.5 Å². The maximum Gasteiger partial charge on any atom is 0.416 e. The quantitative estimate of drug-likeness (QED) is 0.747. The van der Waals surface area contributed by atoms with Gasteiger partial charge in [-0.2, -0.15) is 13.2 Å². The van der Waals surface area contributed by atoms with E-state index >= 15 is 0 Å². The van der Waals surface area contributed by atoms with Crippen LogP contribution in [-0.4, -0.2) is 60.4 Å². The molecule has 25 heavy (non-hydrogen) atoms. The Labute approximate surface area is 145 Å². The second-order valence-electron chi connectivity index (χ2n) is 7.77. The number of halogens is 3. The molecule has 0 aromatic rings.